The Kier molecular flexibility index (Phi) is 3.53. The molecule has 3 nitrogen and oxygen atoms in total. The number of hydrogen-bond donors (Lipinski definition) is 2. The van der Waals surface area contributed by atoms with E-state index in [1.165, 1.54) is 12.8 Å². The van der Waals surface area contributed by atoms with Gasteiger partial charge in [0.15, 0.2) is 0 Å². The monoisotopic (exact) mass is 224 g/mol. The topological polar surface area (TPSA) is 41.1 Å². The van der Waals surface area contributed by atoms with Crippen LogP contribution in [0.3, 0.4) is 0 Å². The number of carbonyl (C=O) groups is 1. The lowest BCUT2D eigenvalue weighted by Crippen LogP contribution is -2.48. The smallest absolute Gasteiger partial charge is 0.237 e. The second-order valence-electron chi connectivity index (χ2n) is 5.69. The van der Waals surface area contributed by atoms with E-state index < -0.39 is 0 Å². The minimum atomic E-state index is -0.0432. The van der Waals surface area contributed by atoms with Crippen LogP contribution in [0.1, 0.15) is 46.5 Å². The van der Waals surface area contributed by atoms with Crippen LogP contribution in [0.15, 0.2) is 0 Å². The van der Waals surface area contributed by atoms with E-state index in [1.807, 2.05) is 6.92 Å². The van der Waals surface area contributed by atoms with Gasteiger partial charge in [0.2, 0.25) is 5.91 Å². The molecule has 0 aliphatic heterocycles. The molecule has 0 spiro atoms. The first-order valence-electron chi connectivity index (χ1n) is 6.64. The maximum Gasteiger partial charge on any atom is 0.237 e. The van der Waals surface area contributed by atoms with Gasteiger partial charge in [0.25, 0.3) is 0 Å². The molecule has 0 aromatic carbocycles. The molecule has 16 heavy (non-hydrogen) atoms. The normalized spacial score (nSPS) is 36.1. The summed E-state index contributed by atoms with van der Waals surface area (Å²) in [4.78, 5) is 11.8. The van der Waals surface area contributed by atoms with E-state index >= 15 is 0 Å². The molecular formula is C13H24N2O. The van der Waals surface area contributed by atoms with E-state index in [1.54, 1.807) is 0 Å². The molecule has 0 heterocycles. The number of nitrogens with one attached hydrogen (secondary N) is 2. The van der Waals surface area contributed by atoms with Crippen molar-refractivity contribution < 1.29 is 4.79 Å². The summed E-state index contributed by atoms with van der Waals surface area (Å²) in [5.74, 6) is 1.65. The molecule has 4 atom stereocenters. The van der Waals surface area contributed by atoms with E-state index in [-0.39, 0.29) is 11.9 Å². The highest BCUT2D eigenvalue weighted by molar-refractivity contribution is 5.81. The highest BCUT2D eigenvalue weighted by atomic mass is 16.2. The van der Waals surface area contributed by atoms with Crippen molar-refractivity contribution in [1.82, 2.24) is 10.6 Å². The molecule has 2 aliphatic rings. The minimum Gasteiger partial charge on any atom is -0.352 e. The second kappa shape index (κ2) is 4.74. The summed E-state index contributed by atoms with van der Waals surface area (Å²) in [6, 6.07) is 0.949. The lowest BCUT2D eigenvalue weighted by Gasteiger charge is -2.23. The predicted octanol–water partition coefficient (Wildman–Crippen LogP) is 1.68. The maximum absolute atomic E-state index is 11.8. The first-order chi connectivity index (χ1) is 7.58. The first-order valence-corrected chi connectivity index (χ1v) is 6.64. The summed E-state index contributed by atoms with van der Waals surface area (Å²) >= 11 is 0. The van der Waals surface area contributed by atoms with Crippen LogP contribution in [0.4, 0.5) is 0 Å². The number of hydrogen-bond acceptors (Lipinski definition) is 2. The van der Waals surface area contributed by atoms with Gasteiger partial charge in [-0.2, -0.15) is 0 Å². The van der Waals surface area contributed by atoms with Crippen LogP contribution in [0.5, 0.6) is 0 Å². The molecule has 3 heteroatoms. The Bertz CT molecular complexity index is 263. The van der Waals surface area contributed by atoms with E-state index in [4.69, 9.17) is 0 Å². The molecule has 0 saturated heterocycles. The van der Waals surface area contributed by atoms with Crippen molar-refractivity contribution in [3.63, 3.8) is 0 Å². The third kappa shape index (κ3) is 2.76. The Morgan fingerprint density at radius 3 is 2.38 bits per heavy atom. The van der Waals surface area contributed by atoms with Gasteiger partial charge in [0.1, 0.15) is 0 Å². The Labute approximate surface area is 98.4 Å². The zero-order valence-corrected chi connectivity index (χ0v) is 10.6. The molecule has 2 aliphatic carbocycles. The molecule has 1 amide bonds. The van der Waals surface area contributed by atoms with E-state index in [9.17, 15) is 4.79 Å². The SMILES string of the molecule is CC(NC1CCC(C)C1C)C(=O)NC1CC1. The molecule has 0 aromatic heterocycles. The maximum atomic E-state index is 11.8. The standard InChI is InChI=1S/C13H24N2O/c1-8-4-7-12(9(8)2)14-10(3)13(16)15-11-5-6-11/h8-12,14H,4-7H2,1-3H3,(H,15,16). The van der Waals surface area contributed by atoms with Crippen LogP contribution in [0.2, 0.25) is 0 Å². The molecule has 92 valence electrons. The van der Waals surface area contributed by atoms with E-state index in [0.717, 1.165) is 18.8 Å². The van der Waals surface area contributed by atoms with E-state index in [0.29, 0.717) is 18.0 Å². The second-order valence-corrected chi connectivity index (χ2v) is 5.69. The number of amides is 1. The van der Waals surface area contributed by atoms with Gasteiger partial charge in [-0.3, -0.25) is 4.79 Å². The molecule has 2 rings (SSSR count). The van der Waals surface area contributed by atoms with Crippen molar-refractivity contribution in [2.45, 2.75) is 64.6 Å². The van der Waals surface area contributed by atoms with Crippen LogP contribution < -0.4 is 10.6 Å². The summed E-state index contributed by atoms with van der Waals surface area (Å²) in [7, 11) is 0. The van der Waals surface area contributed by atoms with Crippen molar-refractivity contribution in [1.29, 1.82) is 0 Å². The van der Waals surface area contributed by atoms with Gasteiger partial charge in [-0.25, -0.2) is 0 Å². The van der Waals surface area contributed by atoms with Crippen molar-refractivity contribution in [2.75, 3.05) is 0 Å². The van der Waals surface area contributed by atoms with Crippen molar-refractivity contribution in [3.8, 4) is 0 Å². The van der Waals surface area contributed by atoms with Crippen molar-refractivity contribution in [3.05, 3.63) is 0 Å². The third-order valence-corrected chi connectivity index (χ3v) is 4.25. The summed E-state index contributed by atoms with van der Waals surface area (Å²) in [5, 5.41) is 6.53. The summed E-state index contributed by atoms with van der Waals surface area (Å²) in [6.45, 7) is 6.58. The number of rotatable bonds is 4. The highest BCUT2D eigenvalue weighted by Crippen LogP contribution is 2.31. The average Bonchev–Trinajstić information content (AvgIpc) is 3.00. The fourth-order valence-corrected chi connectivity index (χ4v) is 2.55. The Hall–Kier alpha value is -0.570. The van der Waals surface area contributed by atoms with Crippen LogP contribution in [-0.2, 0) is 4.79 Å². The lowest BCUT2D eigenvalue weighted by molar-refractivity contribution is -0.123. The molecule has 0 bridgehead atoms. The zero-order valence-electron chi connectivity index (χ0n) is 10.6. The first kappa shape index (κ1) is 11.9. The lowest BCUT2D eigenvalue weighted by atomic mass is 9.97. The highest BCUT2D eigenvalue weighted by Gasteiger charge is 2.32. The fourth-order valence-electron chi connectivity index (χ4n) is 2.55. The molecule has 2 saturated carbocycles. The Balaban J connectivity index is 1.77. The molecule has 2 N–H and O–H groups in total. The van der Waals surface area contributed by atoms with Gasteiger partial charge in [-0.15, -0.1) is 0 Å². The predicted molar refractivity (Wildman–Crippen MR) is 65.1 cm³/mol. The van der Waals surface area contributed by atoms with Crippen molar-refractivity contribution in [2.24, 2.45) is 11.8 Å². The van der Waals surface area contributed by atoms with Crippen LogP contribution in [-0.4, -0.2) is 24.0 Å². The zero-order chi connectivity index (χ0) is 11.7. The van der Waals surface area contributed by atoms with Crippen LogP contribution in [0, 0.1) is 11.8 Å². The van der Waals surface area contributed by atoms with Crippen molar-refractivity contribution >= 4 is 5.91 Å². The quantitative estimate of drug-likeness (QED) is 0.763. The fraction of sp³-hybridized carbons (Fsp3) is 0.923. The largest absolute Gasteiger partial charge is 0.352 e. The van der Waals surface area contributed by atoms with Crippen LogP contribution >= 0.6 is 0 Å². The van der Waals surface area contributed by atoms with Gasteiger partial charge in [-0.05, 0) is 44.4 Å². The van der Waals surface area contributed by atoms with Crippen LogP contribution in [0.25, 0.3) is 0 Å². The van der Waals surface area contributed by atoms with Gasteiger partial charge < -0.3 is 10.6 Å². The molecule has 2 fully saturated rings. The summed E-state index contributed by atoms with van der Waals surface area (Å²) in [6.07, 6.45) is 4.82. The molecule has 4 unspecified atom stereocenters. The van der Waals surface area contributed by atoms with E-state index in [2.05, 4.69) is 24.5 Å². The molecule has 0 radical (unpaired) electrons. The third-order valence-electron chi connectivity index (χ3n) is 4.25. The Morgan fingerprint density at radius 2 is 1.88 bits per heavy atom. The Morgan fingerprint density at radius 1 is 1.19 bits per heavy atom. The van der Waals surface area contributed by atoms with Gasteiger partial charge in [-0.1, -0.05) is 13.8 Å². The van der Waals surface area contributed by atoms with Gasteiger partial charge in [0.05, 0.1) is 6.04 Å². The molecule has 0 aromatic rings. The summed E-state index contributed by atoms with van der Waals surface area (Å²) < 4.78 is 0. The summed E-state index contributed by atoms with van der Waals surface area (Å²) in [5.41, 5.74) is 0. The number of carbonyl (C=O) groups excluding carboxylic acids is 1. The minimum absolute atomic E-state index is 0.0432. The van der Waals surface area contributed by atoms with Gasteiger partial charge in [0, 0.05) is 12.1 Å². The average molecular weight is 224 g/mol. The molecular weight excluding hydrogens is 200 g/mol. The van der Waals surface area contributed by atoms with Gasteiger partial charge >= 0.3 is 0 Å².